The van der Waals surface area contributed by atoms with Crippen molar-refractivity contribution in [2.45, 2.75) is 64.2 Å². The number of carbonyl (C=O) groups excluding carboxylic acids is 1. The fourth-order valence-corrected chi connectivity index (χ4v) is 3.48. The summed E-state index contributed by atoms with van der Waals surface area (Å²) in [4.78, 5) is 16.1. The Morgan fingerprint density at radius 1 is 1.26 bits per heavy atom. The van der Waals surface area contributed by atoms with Crippen molar-refractivity contribution in [1.82, 2.24) is 4.98 Å². The van der Waals surface area contributed by atoms with Crippen LogP contribution in [0.4, 0.5) is 0 Å². The van der Waals surface area contributed by atoms with Crippen molar-refractivity contribution < 1.29 is 9.53 Å². The fourth-order valence-electron chi connectivity index (χ4n) is 2.69. The second-order valence-corrected chi connectivity index (χ2v) is 6.05. The molecular formula is C15H23NO2S. The highest BCUT2D eigenvalue weighted by Crippen LogP contribution is 2.31. The molecule has 0 saturated heterocycles. The topological polar surface area (TPSA) is 39.2 Å². The number of ether oxygens (including phenoxy) is 1. The third-order valence-corrected chi connectivity index (χ3v) is 4.59. The van der Waals surface area contributed by atoms with Gasteiger partial charge in [0.15, 0.2) is 0 Å². The number of carbonyl (C=O) groups is 1. The molecule has 0 amide bonds. The Morgan fingerprint density at radius 3 is 2.53 bits per heavy atom. The summed E-state index contributed by atoms with van der Waals surface area (Å²) in [5.74, 6) is 0.263. The van der Waals surface area contributed by atoms with Crippen LogP contribution in [0.1, 0.15) is 79.7 Å². The lowest BCUT2D eigenvalue weighted by molar-refractivity contribution is 0.0525. The van der Waals surface area contributed by atoms with Gasteiger partial charge in [-0.25, -0.2) is 9.78 Å². The van der Waals surface area contributed by atoms with Crippen LogP contribution in [-0.4, -0.2) is 17.6 Å². The molecule has 2 rings (SSSR count). The number of hydrogen-bond donors (Lipinski definition) is 0. The SMILES string of the molecule is CCOC(=O)c1nc(C2CCCCCCCC2)cs1. The highest BCUT2D eigenvalue weighted by atomic mass is 32.1. The maximum absolute atomic E-state index is 11.6. The van der Waals surface area contributed by atoms with Gasteiger partial charge in [-0.2, -0.15) is 0 Å². The van der Waals surface area contributed by atoms with Crippen LogP contribution in [0.15, 0.2) is 5.38 Å². The number of aromatic nitrogens is 1. The molecule has 1 saturated carbocycles. The summed E-state index contributed by atoms with van der Waals surface area (Å²) in [6.45, 7) is 2.24. The van der Waals surface area contributed by atoms with Gasteiger partial charge in [0.1, 0.15) is 0 Å². The number of rotatable bonds is 3. The number of hydrogen-bond acceptors (Lipinski definition) is 4. The van der Waals surface area contributed by atoms with E-state index >= 15 is 0 Å². The molecule has 4 heteroatoms. The van der Waals surface area contributed by atoms with Gasteiger partial charge < -0.3 is 4.74 Å². The van der Waals surface area contributed by atoms with E-state index in [1.807, 2.05) is 6.92 Å². The lowest BCUT2D eigenvalue weighted by atomic mass is 9.94. The molecule has 106 valence electrons. The van der Waals surface area contributed by atoms with Crippen molar-refractivity contribution in [3.05, 3.63) is 16.1 Å². The van der Waals surface area contributed by atoms with Crippen LogP contribution in [0.5, 0.6) is 0 Å². The molecule has 0 bridgehead atoms. The highest BCUT2D eigenvalue weighted by molar-refractivity contribution is 7.11. The molecule has 1 aromatic heterocycles. The molecule has 0 unspecified atom stereocenters. The van der Waals surface area contributed by atoms with Crippen LogP contribution in [0, 0.1) is 0 Å². The Balaban J connectivity index is 2.00. The molecule has 1 aliphatic carbocycles. The van der Waals surface area contributed by atoms with Gasteiger partial charge in [-0.3, -0.25) is 0 Å². The van der Waals surface area contributed by atoms with Crippen molar-refractivity contribution in [3.63, 3.8) is 0 Å². The Kier molecular flexibility index (Phi) is 5.83. The van der Waals surface area contributed by atoms with Crippen molar-refractivity contribution >= 4 is 17.3 Å². The Morgan fingerprint density at radius 2 is 1.89 bits per heavy atom. The van der Waals surface area contributed by atoms with Gasteiger partial charge in [0.2, 0.25) is 5.01 Å². The molecule has 0 N–H and O–H groups in total. The van der Waals surface area contributed by atoms with Crippen LogP contribution < -0.4 is 0 Å². The number of thiazole rings is 1. The first kappa shape index (κ1) is 14.5. The standard InChI is InChI=1S/C15H23NO2S/c1-2-18-15(17)14-16-13(11-19-14)12-9-7-5-3-4-6-8-10-12/h11-12H,2-10H2,1H3. The molecule has 0 atom stereocenters. The zero-order valence-electron chi connectivity index (χ0n) is 11.7. The second kappa shape index (κ2) is 7.63. The predicted molar refractivity (Wildman–Crippen MR) is 77.7 cm³/mol. The third kappa shape index (κ3) is 4.30. The first-order valence-electron chi connectivity index (χ1n) is 7.43. The average molecular weight is 281 g/mol. The molecule has 1 aliphatic rings. The maximum Gasteiger partial charge on any atom is 0.367 e. The van der Waals surface area contributed by atoms with Crippen LogP contribution in [0.2, 0.25) is 0 Å². The Hall–Kier alpha value is -0.900. The van der Waals surface area contributed by atoms with Gasteiger partial charge in [0.25, 0.3) is 0 Å². The van der Waals surface area contributed by atoms with E-state index in [1.54, 1.807) is 0 Å². The minimum absolute atomic E-state index is 0.276. The fraction of sp³-hybridized carbons (Fsp3) is 0.733. The summed E-state index contributed by atoms with van der Waals surface area (Å²) < 4.78 is 5.00. The largest absolute Gasteiger partial charge is 0.461 e. The highest BCUT2D eigenvalue weighted by Gasteiger charge is 2.19. The van der Waals surface area contributed by atoms with E-state index in [9.17, 15) is 4.79 Å². The van der Waals surface area contributed by atoms with Crippen molar-refractivity contribution in [2.24, 2.45) is 0 Å². The molecule has 0 spiro atoms. The predicted octanol–water partition coefficient (Wildman–Crippen LogP) is 4.54. The zero-order chi connectivity index (χ0) is 13.5. The van der Waals surface area contributed by atoms with E-state index in [-0.39, 0.29) is 5.97 Å². The molecule has 19 heavy (non-hydrogen) atoms. The van der Waals surface area contributed by atoms with E-state index in [4.69, 9.17) is 4.74 Å². The zero-order valence-corrected chi connectivity index (χ0v) is 12.5. The smallest absolute Gasteiger partial charge is 0.367 e. The monoisotopic (exact) mass is 281 g/mol. The quantitative estimate of drug-likeness (QED) is 0.764. The van der Waals surface area contributed by atoms with Gasteiger partial charge in [-0.15, -0.1) is 11.3 Å². The molecule has 1 heterocycles. The number of nitrogens with zero attached hydrogens (tertiary/aromatic N) is 1. The molecule has 0 radical (unpaired) electrons. The van der Waals surface area contributed by atoms with Crippen LogP contribution in [0.3, 0.4) is 0 Å². The second-order valence-electron chi connectivity index (χ2n) is 5.19. The summed E-state index contributed by atoms with van der Waals surface area (Å²) in [5, 5.41) is 2.56. The van der Waals surface area contributed by atoms with Crippen LogP contribution >= 0.6 is 11.3 Å². The summed E-state index contributed by atoms with van der Waals surface area (Å²) in [5.41, 5.74) is 1.11. The number of esters is 1. The molecular weight excluding hydrogens is 258 g/mol. The average Bonchev–Trinajstić information content (AvgIpc) is 2.92. The van der Waals surface area contributed by atoms with E-state index in [0.29, 0.717) is 17.5 Å². The van der Waals surface area contributed by atoms with Gasteiger partial charge in [0, 0.05) is 11.3 Å². The molecule has 1 aromatic rings. The lowest BCUT2D eigenvalue weighted by Gasteiger charge is -2.12. The summed E-state index contributed by atoms with van der Waals surface area (Å²) in [7, 11) is 0. The van der Waals surface area contributed by atoms with E-state index in [2.05, 4.69) is 10.4 Å². The third-order valence-electron chi connectivity index (χ3n) is 3.75. The normalized spacial score (nSPS) is 18.4. The van der Waals surface area contributed by atoms with Gasteiger partial charge in [-0.05, 0) is 19.8 Å². The van der Waals surface area contributed by atoms with Crippen molar-refractivity contribution in [3.8, 4) is 0 Å². The van der Waals surface area contributed by atoms with Gasteiger partial charge in [0.05, 0.1) is 12.3 Å². The van der Waals surface area contributed by atoms with Crippen LogP contribution in [0.25, 0.3) is 0 Å². The summed E-state index contributed by atoms with van der Waals surface area (Å²) in [6, 6.07) is 0. The molecule has 1 fully saturated rings. The van der Waals surface area contributed by atoms with E-state index < -0.39 is 0 Å². The molecule has 0 aromatic carbocycles. The van der Waals surface area contributed by atoms with E-state index in [0.717, 1.165) is 5.69 Å². The van der Waals surface area contributed by atoms with Gasteiger partial charge in [-0.1, -0.05) is 38.5 Å². The van der Waals surface area contributed by atoms with Crippen molar-refractivity contribution in [1.29, 1.82) is 0 Å². The first-order valence-corrected chi connectivity index (χ1v) is 8.31. The lowest BCUT2D eigenvalue weighted by Crippen LogP contribution is -2.05. The minimum atomic E-state index is -0.276. The molecule has 0 aliphatic heterocycles. The molecule has 3 nitrogen and oxygen atoms in total. The van der Waals surface area contributed by atoms with E-state index in [1.165, 1.54) is 62.7 Å². The summed E-state index contributed by atoms with van der Waals surface area (Å²) in [6.07, 6.45) is 10.4. The van der Waals surface area contributed by atoms with Crippen molar-refractivity contribution in [2.75, 3.05) is 6.61 Å². The van der Waals surface area contributed by atoms with Gasteiger partial charge >= 0.3 is 5.97 Å². The first-order chi connectivity index (χ1) is 9.31. The Labute approximate surface area is 119 Å². The maximum atomic E-state index is 11.6. The van der Waals surface area contributed by atoms with Crippen LogP contribution in [-0.2, 0) is 4.74 Å². The Bertz CT molecular complexity index is 393. The minimum Gasteiger partial charge on any atom is -0.461 e. The summed E-state index contributed by atoms with van der Waals surface area (Å²) >= 11 is 1.42.